The second-order valence-electron chi connectivity index (χ2n) is 5.68. The molecule has 0 aliphatic rings. The van der Waals surface area contributed by atoms with E-state index in [1.165, 1.54) is 43.4 Å². The van der Waals surface area contributed by atoms with Crippen LogP contribution in [0.15, 0.2) is 48.5 Å². The first-order valence-electron chi connectivity index (χ1n) is 7.99. The van der Waals surface area contributed by atoms with E-state index >= 15 is 0 Å². The summed E-state index contributed by atoms with van der Waals surface area (Å²) in [4.78, 5) is 25.4. The van der Waals surface area contributed by atoms with Crippen LogP contribution in [-0.4, -0.2) is 43.3 Å². The molecule has 2 aromatic carbocycles. The number of rotatable bonds is 7. The standard InChI is InChI=1S/C18H15F5N2O4/c1-25(16(27)11-2-6-13(7-3-11)28-17(19)20)10-15(26)24-12-4-8-14(9-5-12)29-18(21,22)23/h2-9,17H,10H2,1H3,(H,24,26). The number of halogens is 5. The van der Waals surface area contributed by atoms with Gasteiger partial charge in [0.05, 0.1) is 6.54 Å². The maximum atomic E-state index is 12.3. The maximum absolute atomic E-state index is 12.3. The van der Waals surface area contributed by atoms with E-state index in [2.05, 4.69) is 14.8 Å². The summed E-state index contributed by atoms with van der Waals surface area (Å²) in [6, 6.07) is 9.41. The summed E-state index contributed by atoms with van der Waals surface area (Å²) in [6.07, 6.45) is -4.82. The van der Waals surface area contributed by atoms with Gasteiger partial charge in [0, 0.05) is 18.3 Å². The second kappa shape index (κ2) is 9.22. The number of nitrogens with one attached hydrogen (secondary N) is 1. The minimum atomic E-state index is -4.82. The van der Waals surface area contributed by atoms with Gasteiger partial charge in [0.25, 0.3) is 5.91 Å². The van der Waals surface area contributed by atoms with Gasteiger partial charge < -0.3 is 19.7 Å². The predicted molar refractivity (Wildman–Crippen MR) is 91.8 cm³/mol. The summed E-state index contributed by atoms with van der Waals surface area (Å²) >= 11 is 0. The molecule has 2 amide bonds. The molecule has 0 aromatic heterocycles. The molecule has 0 bridgehead atoms. The molecule has 0 unspecified atom stereocenters. The average Bonchev–Trinajstić information content (AvgIpc) is 2.61. The van der Waals surface area contributed by atoms with E-state index in [1.54, 1.807) is 0 Å². The lowest BCUT2D eigenvalue weighted by molar-refractivity contribution is -0.274. The highest BCUT2D eigenvalue weighted by Gasteiger charge is 2.31. The Kier molecular flexibility index (Phi) is 6.97. The molecular formula is C18H15F5N2O4. The Labute approximate surface area is 161 Å². The van der Waals surface area contributed by atoms with Crippen LogP contribution in [0, 0.1) is 0 Å². The Balaban J connectivity index is 1.90. The maximum Gasteiger partial charge on any atom is 0.573 e. The fourth-order valence-corrected chi connectivity index (χ4v) is 2.23. The number of alkyl halides is 5. The molecule has 0 saturated heterocycles. The highest BCUT2D eigenvalue weighted by Crippen LogP contribution is 2.24. The molecule has 6 nitrogen and oxygen atoms in total. The molecule has 0 radical (unpaired) electrons. The van der Waals surface area contributed by atoms with Crippen LogP contribution in [0.2, 0.25) is 0 Å². The average molecular weight is 418 g/mol. The highest BCUT2D eigenvalue weighted by atomic mass is 19.4. The van der Waals surface area contributed by atoms with Crippen molar-refractivity contribution in [2.75, 3.05) is 18.9 Å². The molecule has 0 spiro atoms. The lowest BCUT2D eigenvalue weighted by atomic mass is 10.2. The first kappa shape index (κ1) is 21.9. The monoisotopic (exact) mass is 418 g/mol. The van der Waals surface area contributed by atoms with Crippen molar-refractivity contribution >= 4 is 17.5 Å². The van der Waals surface area contributed by atoms with Crippen LogP contribution in [0.5, 0.6) is 11.5 Å². The number of nitrogens with zero attached hydrogens (tertiary/aromatic N) is 1. The molecular weight excluding hydrogens is 403 g/mol. The van der Waals surface area contributed by atoms with E-state index in [0.29, 0.717) is 0 Å². The van der Waals surface area contributed by atoms with E-state index in [9.17, 15) is 31.5 Å². The van der Waals surface area contributed by atoms with E-state index in [-0.39, 0.29) is 23.5 Å². The number of likely N-dealkylation sites (N-methyl/N-ethyl adjacent to an activating group) is 1. The fourth-order valence-electron chi connectivity index (χ4n) is 2.23. The van der Waals surface area contributed by atoms with Crippen LogP contribution >= 0.6 is 0 Å². The lowest BCUT2D eigenvalue weighted by Gasteiger charge is -2.17. The first-order valence-corrected chi connectivity index (χ1v) is 7.99. The molecule has 0 aliphatic carbocycles. The third kappa shape index (κ3) is 7.28. The number of carbonyl (C=O) groups is 2. The van der Waals surface area contributed by atoms with E-state index in [0.717, 1.165) is 17.0 Å². The third-order valence-electron chi connectivity index (χ3n) is 3.43. The number of hydrogen-bond donors (Lipinski definition) is 1. The van der Waals surface area contributed by atoms with Crippen LogP contribution in [-0.2, 0) is 4.79 Å². The Hall–Kier alpha value is -3.37. The lowest BCUT2D eigenvalue weighted by Crippen LogP contribution is -2.34. The van der Waals surface area contributed by atoms with Crippen LogP contribution in [0.1, 0.15) is 10.4 Å². The van der Waals surface area contributed by atoms with Gasteiger partial charge in [0.15, 0.2) is 0 Å². The molecule has 0 fully saturated rings. The normalized spacial score (nSPS) is 11.1. The number of amides is 2. The Bertz CT molecular complexity index is 839. The molecule has 11 heteroatoms. The molecule has 0 heterocycles. The molecule has 2 aromatic rings. The molecule has 1 N–H and O–H groups in total. The smallest absolute Gasteiger partial charge is 0.435 e. The zero-order valence-corrected chi connectivity index (χ0v) is 14.9. The zero-order valence-electron chi connectivity index (χ0n) is 14.9. The zero-order chi connectivity index (χ0) is 21.6. The van der Waals surface area contributed by atoms with E-state index in [4.69, 9.17) is 0 Å². The Morgan fingerprint density at radius 2 is 1.55 bits per heavy atom. The molecule has 156 valence electrons. The third-order valence-corrected chi connectivity index (χ3v) is 3.43. The van der Waals surface area contributed by atoms with E-state index in [1.807, 2.05) is 0 Å². The van der Waals surface area contributed by atoms with Gasteiger partial charge in [0.2, 0.25) is 5.91 Å². The molecule has 2 rings (SSSR count). The number of benzene rings is 2. The summed E-state index contributed by atoms with van der Waals surface area (Å²) in [6.45, 7) is -3.34. The van der Waals surface area contributed by atoms with Crippen molar-refractivity contribution in [3.05, 3.63) is 54.1 Å². The minimum Gasteiger partial charge on any atom is -0.435 e. The Morgan fingerprint density at radius 3 is 2.07 bits per heavy atom. The van der Waals surface area contributed by atoms with Gasteiger partial charge in [-0.2, -0.15) is 8.78 Å². The number of carbonyl (C=O) groups excluding carboxylic acids is 2. The van der Waals surface area contributed by atoms with Crippen molar-refractivity contribution in [1.82, 2.24) is 4.90 Å². The summed E-state index contributed by atoms with van der Waals surface area (Å²) < 4.78 is 68.5. The second-order valence-corrected chi connectivity index (χ2v) is 5.68. The van der Waals surface area contributed by atoms with Crippen molar-refractivity contribution in [3.8, 4) is 11.5 Å². The Morgan fingerprint density at radius 1 is 1.00 bits per heavy atom. The topological polar surface area (TPSA) is 67.9 Å². The van der Waals surface area contributed by atoms with Gasteiger partial charge in [-0.1, -0.05) is 0 Å². The summed E-state index contributed by atoms with van der Waals surface area (Å²) in [5.41, 5.74) is 0.356. The van der Waals surface area contributed by atoms with Gasteiger partial charge in [-0.3, -0.25) is 9.59 Å². The van der Waals surface area contributed by atoms with Crippen LogP contribution in [0.25, 0.3) is 0 Å². The van der Waals surface area contributed by atoms with Crippen molar-refractivity contribution < 1.29 is 41.0 Å². The van der Waals surface area contributed by atoms with Crippen molar-refractivity contribution in [2.45, 2.75) is 13.0 Å². The molecule has 0 aliphatic heterocycles. The number of ether oxygens (including phenoxy) is 2. The highest BCUT2D eigenvalue weighted by molar-refractivity contribution is 5.99. The van der Waals surface area contributed by atoms with Crippen molar-refractivity contribution in [3.63, 3.8) is 0 Å². The summed E-state index contributed by atoms with van der Waals surface area (Å²) in [5, 5.41) is 2.43. The number of hydrogen-bond acceptors (Lipinski definition) is 4. The SMILES string of the molecule is CN(CC(=O)Nc1ccc(OC(F)(F)F)cc1)C(=O)c1ccc(OC(F)F)cc1. The minimum absolute atomic E-state index is 0.116. The van der Waals surface area contributed by atoms with Crippen LogP contribution < -0.4 is 14.8 Å². The van der Waals surface area contributed by atoms with Gasteiger partial charge >= 0.3 is 13.0 Å². The molecule has 0 atom stereocenters. The summed E-state index contributed by atoms with van der Waals surface area (Å²) in [5.74, 6) is -1.70. The van der Waals surface area contributed by atoms with Gasteiger partial charge in [-0.05, 0) is 48.5 Å². The number of anilines is 1. The molecule has 29 heavy (non-hydrogen) atoms. The summed E-state index contributed by atoms with van der Waals surface area (Å²) in [7, 11) is 1.35. The van der Waals surface area contributed by atoms with Crippen LogP contribution in [0.4, 0.5) is 27.6 Å². The van der Waals surface area contributed by atoms with Gasteiger partial charge in [-0.25, -0.2) is 0 Å². The van der Waals surface area contributed by atoms with E-state index < -0.39 is 30.5 Å². The predicted octanol–water partition coefficient (Wildman–Crippen LogP) is 3.90. The first-order chi connectivity index (χ1) is 13.5. The molecule has 0 saturated carbocycles. The fraction of sp³-hybridized carbons (Fsp3) is 0.222. The van der Waals surface area contributed by atoms with Crippen LogP contribution in [0.3, 0.4) is 0 Å². The van der Waals surface area contributed by atoms with Crippen molar-refractivity contribution in [1.29, 1.82) is 0 Å². The van der Waals surface area contributed by atoms with Gasteiger partial charge in [0.1, 0.15) is 11.5 Å². The largest absolute Gasteiger partial charge is 0.573 e. The quantitative estimate of drug-likeness (QED) is 0.693. The van der Waals surface area contributed by atoms with Crippen molar-refractivity contribution in [2.24, 2.45) is 0 Å². The van der Waals surface area contributed by atoms with Gasteiger partial charge in [-0.15, -0.1) is 13.2 Å².